The van der Waals surface area contributed by atoms with Gasteiger partial charge < -0.3 is 14.5 Å². The molecule has 2 amide bonds. The van der Waals surface area contributed by atoms with Crippen molar-refractivity contribution in [2.75, 3.05) is 39.9 Å². The molecule has 2 aliphatic rings. The number of likely N-dealkylation sites (tertiary alicyclic amines) is 2. The van der Waals surface area contributed by atoms with Crippen LogP contribution in [0, 0.1) is 5.41 Å². The minimum atomic E-state index is -0.367. The van der Waals surface area contributed by atoms with Gasteiger partial charge in [0.25, 0.3) is 0 Å². The van der Waals surface area contributed by atoms with E-state index in [0.29, 0.717) is 39.1 Å². The first kappa shape index (κ1) is 17.9. The van der Waals surface area contributed by atoms with Crippen LogP contribution in [-0.2, 0) is 27.8 Å². The zero-order chi connectivity index (χ0) is 17.9. The Labute approximate surface area is 148 Å². The fraction of sp³-hybridized carbons (Fsp3) is 0.722. The fourth-order valence-electron chi connectivity index (χ4n) is 4.07. The van der Waals surface area contributed by atoms with E-state index in [1.165, 1.54) is 0 Å². The number of ether oxygens (including phenoxy) is 1. The number of nitrogens with zero attached hydrogens (tertiary/aromatic N) is 4. The van der Waals surface area contributed by atoms with Crippen molar-refractivity contribution in [3.8, 4) is 0 Å². The molecule has 0 aliphatic carbocycles. The molecule has 1 atom stereocenters. The maximum absolute atomic E-state index is 12.9. The summed E-state index contributed by atoms with van der Waals surface area (Å²) < 4.78 is 6.92. The van der Waals surface area contributed by atoms with Crippen LogP contribution in [0.1, 0.15) is 31.4 Å². The highest BCUT2D eigenvalue weighted by Gasteiger charge is 2.49. The summed E-state index contributed by atoms with van der Waals surface area (Å²) >= 11 is 0. The topological polar surface area (TPSA) is 67.7 Å². The minimum absolute atomic E-state index is 0.139. The first-order valence-corrected chi connectivity index (χ1v) is 9.09. The molecule has 3 heterocycles. The highest BCUT2D eigenvalue weighted by Crippen LogP contribution is 2.40. The van der Waals surface area contributed by atoms with Gasteiger partial charge in [-0.05, 0) is 31.7 Å². The van der Waals surface area contributed by atoms with Crippen molar-refractivity contribution in [2.45, 2.75) is 32.1 Å². The molecule has 2 aliphatic heterocycles. The molecular formula is C18H28N4O3. The van der Waals surface area contributed by atoms with Crippen molar-refractivity contribution in [2.24, 2.45) is 12.5 Å². The van der Waals surface area contributed by atoms with Crippen LogP contribution in [0.3, 0.4) is 0 Å². The minimum Gasteiger partial charge on any atom is -0.383 e. The van der Waals surface area contributed by atoms with Gasteiger partial charge in [-0.15, -0.1) is 0 Å². The van der Waals surface area contributed by atoms with Gasteiger partial charge in [0.05, 0.1) is 12.0 Å². The maximum atomic E-state index is 12.9. The Kier molecular flexibility index (Phi) is 5.42. The van der Waals surface area contributed by atoms with Crippen molar-refractivity contribution in [3.63, 3.8) is 0 Å². The molecule has 0 saturated carbocycles. The lowest BCUT2D eigenvalue weighted by molar-refractivity contribution is -0.146. The van der Waals surface area contributed by atoms with E-state index in [0.717, 1.165) is 31.5 Å². The summed E-state index contributed by atoms with van der Waals surface area (Å²) in [6.07, 6.45) is 5.59. The van der Waals surface area contributed by atoms with Gasteiger partial charge in [-0.3, -0.25) is 14.3 Å². The van der Waals surface area contributed by atoms with E-state index in [-0.39, 0.29) is 17.2 Å². The lowest BCUT2D eigenvalue weighted by Crippen LogP contribution is -2.51. The Bertz CT molecular complexity index is 630. The summed E-state index contributed by atoms with van der Waals surface area (Å²) in [5.41, 5.74) is 0.690. The molecule has 1 spiro atoms. The number of methoxy groups -OCH3 is 1. The number of carbonyl (C=O) groups excluding carboxylic acids is 2. The van der Waals surface area contributed by atoms with Crippen LogP contribution >= 0.6 is 0 Å². The highest BCUT2D eigenvalue weighted by molar-refractivity contribution is 5.86. The van der Waals surface area contributed by atoms with Crippen molar-refractivity contribution in [1.29, 1.82) is 0 Å². The normalized spacial score (nSPS) is 23.7. The summed E-state index contributed by atoms with van der Waals surface area (Å²) in [5.74, 6) is 0.345. The maximum Gasteiger partial charge on any atom is 0.230 e. The third-order valence-corrected chi connectivity index (χ3v) is 5.61. The first-order valence-electron chi connectivity index (χ1n) is 9.09. The molecule has 0 radical (unpaired) electrons. The summed E-state index contributed by atoms with van der Waals surface area (Å²) in [6.45, 7) is 3.27. The van der Waals surface area contributed by atoms with Crippen LogP contribution in [0.5, 0.6) is 0 Å². The van der Waals surface area contributed by atoms with Gasteiger partial charge in [0.2, 0.25) is 11.8 Å². The number of hydrogen-bond donors (Lipinski definition) is 0. The van der Waals surface area contributed by atoms with E-state index in [2.05, 4.69) is 5.10 Å². The molecule has 0 bridgehead atoms. The zero-order valence-corrected chi connectivity index (χ0v) is 15.2. The zero-order valence-electron chi connectivity index (χ0n) is 15.2. The summed E-state index contributed by atoms with van der Waals surface area (Å²) in [6, 6.07) is 1.94. The largest absolute Gasteiger partial charge is 0.383 e. The smallest absolute Gasteiger partial charge is 0.230 e. The Morgan fingerprint density at radius 3 is 2.92 bits per heavy atom. The Hall–Kier alpha value is -1.89. The van der Waals surface area contributed by atoms with Crippen molar-refractivity contribution < 1.29 is 14.3 Å². The number of carbonyl (C=O) groups is 2. The van der Waals surface area contributed by atoms with Gasteiger partial charge >= 0.3 is 0 Å². The Morgan fingerprint density at radius 2 is 2.20 bits per heavy atom. The molecule has 0 unspecified atom stereocenters. The van der Waals surface area contributed by atoms with E-state index in [9.17, 15) is 9.59 Å². The standard InChI is InChI=1S/C18H28N4O3/c1-20-15(6-9-19-20)4-5-16(23)22-11-8-18(14-22)7-3-10-21(17(18)24)12-13-25-2/h6,9H,3-5,7-8,10-14H2,1-2H3/t18-/m1/s1. The van der Waals surface area contributed by atoms with Crippen molar-refractivity contribution >= 4 is 11.8 Å². The monoisotopic (exact) mass is 348 g/mol. The first-order chi connectivity index (χ1) is 12.1. The average molecular weight is 348 g/mol. The number of rotatable bonds is 6. The van der Waals surface area contributed by atoms with E-state index in [1.54, 1.807) is 18.0 Å². The van der Waals surface area contributed by atoms with Gasteiger partial charge in [0, 0.05) is 58.6 Å². The Balaban J connectivity index is 1.57. The molecule has 138 valence electrons. The van der Waals surface area contributed by atoms with Crippen LogP contribution in [-0.4, -0.2) is 71.3 Å². The third-order valence-electron chi connectivity index (χ3n) is 5.61. The predicted molar refractivity (Wildman–Crippen MR) is 92.8 cm³/mol. The molecule has 7 heteroatoms. The second-order valence-corrected chi connectivity index (χ2v) is 7.18. The summed E-state index contributed by atoms with van der Waals surface area (Å²) in [7, 11) is 3.54. The second kappa shape index (κ2) is 7.56. The van der Waals surface area contributed by atoms with Crippen molar-refractivity contribution in [3.05, 3.63) is 18.0 Å². The molecule has 1 aromatic rings. The molecule has 2 saturated heterocycles. The van der Waals surface area contributed by atoms with Crippen LogP contribution in [0.15, 0.2) is 12.3 Å². The van der Waals surface area contributed by atoms with Gasteiger partial charge in [-0.2, -0.15) is 5.10 Å². The number of aromatic nitrogens is 2. The van der Waals surface area contributed by atoms with E-state index >= 15 is 0 Å². The molecule has 0 aromatic carbocycles. The SMILES string of the molecule is COCCN1CCC[C@]2(CCN(C(=O)CCc3ccnn3C)C2)C1=O. The van der Waals surface area contributed by atoms with Crippen LogP contribution in [0.4, 0.5) is 0 Å². The van der Waals surface area contributed by atoms with Gasteiger partial charge in [0.15, 0.2) is 0 Å². The third kappa shape index (κ3) is 3.71. The quantitative estimate of drug-likeness (QED) is 0.764. The molecular weight excluding hydrogens is 320 g/mol. The number of amides is 2. The molecule has 3 rings (SSSR count). The van der Waals surface area contributed by atoms with Crippen LogP contribution in [0.25, 0.3) is 0 Å². The summed E-state index contributed by atoms with van der Waals surface area (Å²) in [4.78, 5) is 29.3. The molecule has 0 N–H and O–H groups in total. The second-order valence-electron chi connectivity index (χ2n) is 7.18. The molecule has 2 fully saturated rings. The van der Waals surface area contributed by atoms with Crippen LogP contribution in [0.2, 0.25) is 0 Å². The van der Waals surface area contributed by atoms with E-state index in [1.807, 2.05) is 22.9 Å². The number of piperidine rings is 1. The van der Waals surface area contributed by atoms with E-state index < -0.39 is 0 Å². The predicted octanol–water partition coefficient (Wildman–Crippen LogP) is 0.840. The number of hydrogen-bond acceptors (Lipinski definition) is 4. The molecule has 7 nitrogen and oxygen atoms in total. The van der Waals surface area contributed by atoms with Gasteiger partial charge in [-0.1, -0.05) is 0 Å². The number of aryl methyl sites for hydroxylation is 2. The van der Waals surface area contributed by atoms with Gasteiger partial charge in [0.1, 0.15) is 0 Å². The fourth-order valence-corrected chi connectivity index (χ4v) is 4.07. The lowest BCUT2D eigenvalue weighted by atomic mass is 9.78. The Morgan fingerprint density at radius 1 is 1.36 bits per heavy atom. The van der Waals surface area contributed by atoms with Crippen molar-refractivity contribution in [1.82, 2.24) is 19.6 Å². The average Bonchev–Trinajstić information content (AvgIpc) is 3.21. The summed E-state index contributed by atoms with van der Waals surface area (Å²) in [5, 5.41) is 4.13. The molecule has 1 aromatic heterocycles. The lowest BCUT2D eigenvalue weighted by Gasteiger charge is -2.39. The van der Waals surface area contributed by atoms with Gasteiger partial charge in [-0.25, -0.2) is 0 Å². The van der Waals surface area contributed by atoms with E-state index in [4.69, 9.17) is 4.74 Å². The molecule has 25 heavy (non-hydrogen) atoms. The van der Waals surface area contributed by atoms with Crippen LogP contribution < -0.4 is 0 Å². The highest BCUT2D eigenvalue weighted by atomic mass is 16.5.